The molecule has 2 aromatic rings. The number of anilines is 1. The molecule has 2 heterocycles. The topological polar surface area (TPSA) is 84.9 Å². The number of rotatable bonds is 6. The number of nitrogens with two attached hydrogens (primary N) is 1. The van der Waals surface area contributed by atoms with Gasteiger partial charge in [-0.1, -0.05) is 13.8 Å². The maximum absolute atomic E-state index is 5.39. The summed E-state index contributed by atoms with van der Waals surface area (Å²) < 4.78 is 2.02. The summed E-state index contributed by atoms with van der Waals surface area (Å²) in [5.41, 5.74) is 4.05. The molecule has 0 spiro atoms. The standard InChI is InChI=1S/C11H19N7/c1-3-17(4-2)5-6-18-8-15-9-10(16-12)13-7-14-11(9)18/h7-8H,3-6,12H2,1-2H3,(H,13,14,16). The number of hydrogen-bond donors (Lipinski definition) is 2. The van der Waals surface area contributed by atoms with Gasteiger partial charge in [0.1, 0.15) is 6.33 Å². The monoisotopic (exact) mass is 249 g/mol. The van der Waals surface area contributed by atoms with Crippen LogP contribution >= 0.6 is 0 Å². The molecule has 0 saturated heterocycles. The number of fused-ring (bicyclic) bond motifs is 1. The Morgan fingerprint density at radius 2 is 2.06 bits per heavy atom. The normalized spacial score (nSPS) is 11.3. The number of hydrogen-bond acceptors (Lipinski definition) is 6. The smallest absolute Gasteiger partial charge is 0.171 e. The van der Waals surface area contributed by atoms with E-state index in [4.69, 9.17) is 5.84 Å². The van der Waals surface area contributed by atoms with E-state index in [0.717, 1.165) is 31.8 Å². The van der Waals surface area contributed by atoms with E-state index in [2.05, 4.69) is 39.1 Å². The third-order valence-corrected chi connectivity index (χ3v) is 3.09. The minimum atomic E-state index is 0.557. The van der Waals surface area contributed by atoms with Gasteiger partial charge in [0.05, 0.1) is 6.33 Å². The first-order valence-electron chi connectivity index (χ1n) is 6.15. The molecule has 0 aromatic carbocycles. The average Bonchev–Trinajstić information content (AvgIpc) is 2.83. The van der Waals surface area contributed by atoms with E-state index in [9.17, 15) is 0 Å². The van der Waals surface area contributed by atoms with Crippen LogP contribution in [0.3, 0.4) is 0 Å². The van der Waals surface area contributed by atoms with Gasteiger partial charge < -0.3 is 14.9 Å². The number of hydrazine groups is 1. The van der Waals surface area contributed by atoms with Gasteiger partial charge in [0, 0.05) is 13.1 Å². The Balaban J connectivity index is 2.19. The largest absolute Gasteiger partial charge is 0.314 e. The summed E-state index contributed by atoms with van der Waals surface area (Å²) in [5, 5.41) is 0. The molecule has 2 aromatic heterocycles. The number of nitrogens with one attached hydrogen (secondary N) is 1. The van der Waals surface area contributed by atoms with Crippen LogP contribution in [0.4, 0.5) is 5.82 Å². The van der Waals surface area contributed by atoms with Crippen molar-refractivity contribution in [2.24, 2.45) is 5.84 Å². The van der Waals surface area contributed by atoms with Crippen molar-refractivity contribution in [1.82, 2.24) is 24.4 Å². The Morgan fingerprint density at radius 3 is 2.72 bits per heavy atom. The minimum Gasteiger partial charge on any atom is -0.314 e. The predicted octanol–water partition coefficient (Wildman–Crippen LogP) is 0.454. The van der Waals surface area contributed by atoms with Crippen molar-refractivity contribution in [3.05, 3.63) is 12.7 Å². The van der Waals surface area contributed by atoms with Gasteiger partial charge in [-0.2, -0.15) is 0 Å². The van der Waals surface area contributed by atoms with Crippen LogP contribution in [0.1, 0.15) is 13.8 Å². The third kappa shape index (κ3) is 2.41. The van der Waals surface area contributed by atoms with Gasteiger partial charge in [-0.05, 0) is 13.1 Å². The zero-order valence-corrected chi connectivity index (χ0v) is 10.8. The summed E-state index contributed by atoms with van der Waals surface area (Å²) in [7, 11) is 0. The summed E-state index contributed by atoms with van der Waals surface area (Å²) in [4.78, 5) is 14.9. The fraction of sp³-hybridized carbons (Fsp3) is 0.545. The molecule has 0 bridgehead atoms. The molecule has 0 fully saturated rings. The van der Waals surface area contributed by atoms with Crippen LogP contribution in [0.25, 0.3) is 11.2 Å². The van der Waals surface area contributed by atoms with Gasteiger partial charge in [-0.3, -0.25) is 0 Å². The fourth-order valence-corrected chi connectivity index (χ4v) is 1.94. The lowest BCUT2D eigenvalue weighted by Crippen LogP contribution is -2.26. The number of aromatic nitrogens is 4. The van der Waals surface area contributed by atoms with Crippen LogP contribution in [-0.2, 0) is 6.54 Å². The summed E-state index contributed by atoms with van der Waals surface area (Å²) >= 11 is 0. The third-order valence-electron chi connectivity index (χ3n) is 3.09. The van der Waals surface area contributed by atoms with Crippen molar-refractivity contribution < 1.29 is 0 Å². The van der Waals surface area contributed by atoms with Gasteiger partial charge in [0.25, 0.3) is 0 Å². The fourth-order valence-electron chi connectivity index (χ4n) is 1.94. The summed E-state index contributed by atoms with van der Waals surface area (Å²) in [6.07, 6.45) is 3.27. The molecule has 7 heteroatoms. The molecule has 0 aliphatic rings. The zero-order valence-electron chi connectivity index (χ0n) is 10.8. The van der Waals surface area contributed by atoms with Crippen molar-refractivity contribution in [3.63, 3.8) is 0 Å². The average molecular weight is 249 g/mol. The van der Waals surface area contributed by atoms with E-state index < -0.39 is 0 Å². The highest BCUT2D eigenvalue weighted by Crippen LogP contribution is 2.15. The first-order chi connectivity index (χ1) is 8.80. The lowest BCUT2D eigenvalue weighted by Gasteiger charge is -2.17. The Kier molecular flexibility index (Phi) is 4.06. The highest BCUT2D eigenvalue weighted by Gasteiger charge is 2.09. The summed E-state index contributed by atoms with van der Waals surface area (Å²) in [6, 6.07) is 0. The van der Waals surface area contributed by atoms with E-state index >= 15 is 0 Å². The SMILES string of the molecule is CCN(CC)CCn1cnc2c(NN)ncnc21. The number of nitrogens with zero attached hydrogens (tertiary/aromatic N) is 5. The molecule has 2 rings (SSSR count). The molecule has 0 amide bonds. The van der Waals surface area contributed by atoms with Crippen molar-refractivity contribution in [3.8, 4) is 0 Å². The molecule has 18 heavy (non-hydrogen) atoms. The van der Waals surface area contributed by atoms with E-state index in [1.165, 1.54) is 6.33 Å². The predicted molar refractivity (Wildman–Crippen MR) is 70.9 cm³/mol. The molecule has 0 saturated carbocycles. The number of imidazole rings is 1. The van der Waals surface area contributed by atoms with E-state index in [1.54, 1.807) is 6.33 Å². The molecule has 0 aliphatic heterocycles. The molecule has 0 unspecified atom stereocenters. The van der Waals surface area contributed by atoms with Crippen molar-refractivity contribution in [2.75, 3.05) is 25.1 Å². The van der Waals surface area contributed by atoms with Gasteiger partial charge in [-0.15, -0.1) is 0 Å². The molecule has 0 radical (unpaired) electrons. The molecule has 0 atom stereocenters. The Bertz CT molecular complexity index is 503. The molecular formula is C11H19N7. The Morgan fingerprint density at radius 1 is 1.28 bits per heavy atom. The Labute approximate surface area is 106 Å². The van der Waals surface area contributed by atoms with Crippen LogP contribution in [0.2, 0.25) is 0 Å². The molecule has 3 N–H and O–H groups in total. The highest BCUT2D eigenvalue weighted by atomic mass is 15.3. The lowest BCUT2D eigenvalue weighted by molar-refractivity contribution is 0.291. The maximum Gasteiger partial charge on any atom is 0.171 e. The van der Waals surface area contributed by atoms with E-state index in [1.807, 2.05) is 4.57 Å². The molecule has 7 nitrogen and oxygen atoms in total. The van der Waals surface area contributed by atoms with E-state index in [-0.39, 0.29) is 0 Å². The van der Waals surface area contributed by atoms with Gasteiger partial charge in [0.2, 0.25) is 0 Å². The van der Waals surface area contributed by atoms with Crippen molar-refractivity contribution in [2.45, 2.75) is 20.4 Å². The quantitative estimate of drug-likeness (QED) is 0.571. The minimum absolute atomic E-state index is 0.557. The van der Waals surface area contributed by atoms with Gasteiger partial charge in [0.15, 0.2) is 17.0 Å². The van der Waals surface area contributed by atoms with Crippen LogP contribution in [0.5, 0.6) is 0 Å². The van der Waals surface area contributed by atoms with Crippen LogP contribution in [0, 0.1) is 0 Å². The van der Waals surface area contributed by atoms with Crippen molar-refractivity contribution >= 4 is 17.0 Å². The summed E-state index contributed by atoms with van der Waals surface area (Å²) in [5.74, 6) is 5.95. The highest BCUT2D eigenvalue weighted by molar-refractivity contribution is 5.82. The molecule has 98 valence electrons. The lowest BCUT2D eigenvalue weighted by atomic mass is 10.4. The van der Waals surface area contributed by atoms with Crippen LogP contribution < -0.4 is 11.3 Å². The van der Waals surface area contributed by atoms with Gasteiger partial charge in [-0.25, -0.2) is 20.8 Å². The van der Waals surface area contributed by atoms with Crippen LogP contribution in [0.15, 0.2) is 12.7 Å². The first kappa shape index (κ1) is 12.7. The zero-order chi connectivity index (χ0) is 13.0. The number of likely N-dealkylation sites (N-methyl/N-ethyl adjacent to an activating group) is 1. The van der Waals surface area contributed by atoms with Gasteiger partial charge >= 0.3 is 0 Å². The van der Waals surface area contributed by atoms with Crippen molar-refractivity contribution in [1.29, 1.82) is 0 Å². The molecule has 0 aliphatic carbocycles. The number of nitrogen functional groups attached to an aromatic ring is 1. The maximum atomic E-state index is 5.39. The first-order valence-corrected chi connectivity index (χ1v) is 6.15. The summed E-state index contributed by atoms with van der Waals surface area (Å²) in [6.45, 7) is 8.26. The Hall–Kier alpha value is -1.73. The van der Waals surface area contributed by atoms with E-state index in [0.29, 0.717) is 11.3 Å². The molecular weight excluding hydrogens is 230 g/mol. The second kappa shape index (κ2) is 5.74. The van der Waals surface area contributed by atoms with Crippen LogP contribution in [-0.4, -0.2) is 44.1 Å². The second-order valence-corrected chi connectivity index (χ2v) is 4.00. The second-order valence-electron chi connectivity index (χ2n) is 4.00.